The van der Waals surface area contributed by atoms with Crippen molar-refractivity contribution in [2.45, 2.75) is 52.7 Å². The lowest BCUT2D eigenvalue weighted by Gasteiger charge is -2.38. The Balaban J connectivity index is 2.44. The van der Waals surface area contributed by atoms with Gasteiger partial charge in [0, 0.05) is 25.7 Å². The Labute approximate surface area is 107 Å². The number of hydrogen-bond donors (Lipinski definition) is 1. The maximum atomic E-state index is 5.75. The molecule has 1 rings (SSSR count). The molecule has 2 unspecified atom stereocenters. The van der Waals surface area contributed by atoms with Crippen LogP contribution < -0.4 is 5.32 Å². The summed E-state index contributed by atoms with van der Waals surface area (Å²) in [7, 11) is 2.07. The van der Waals surface area contributed by atoms with Gasteiger partial charge in [0.25, 0.3) is 0 Å². The second kappa shape index (κ2) is 6.72. The fourth-order valence-electron chi connectivity index (χ4n) is 2.61. The van der Waals surface area contributed by atoms with E-state index in [0.717, 1.165) is 19.7 Å². The zero-order valence-electron chi connectivity index (χ0n) is 12.3. The van der Waals surface area contributed by atoms with Crippen LogP contribution in [-0.2, 0) is 4.74 Å². The third-order valence-corrected chi connectivity index (χ3v) is 3.70. The van der Waals surface area contributed by atoms with Crippen molar-refractivity contribution in [2.24, 2.45) is 5.41 Å². The van der Waals surface area contributed by atoms with Crippen molar-refractivity contribution in [1.29, 1.82) is 0 Å². The predicted molar refractivity (Wildman–Crippen MR) is 73.4 cm³/mol. The van der Waals surface area contributed by atoms with Crippen LogP contribution >= 0.6 is 0 Å². The van der Waals surface area contributed by atoms with Gasteiger partial charge in [0.1, 0.15) is 0 Å². The minimum Gasteiger partial charge on any atom is -0.377 e. The number of hydrogen-bond acceptors (Lipinski definition) is 3. The molecule has 1 aliphatic heterocycles. The third-order valence-electron chi connectivity index (χ3n) is 3.70. The van der Waals surface area contributed by atoms with E-state index in [4.69, 9.17) is 4.74 Å². The predicted octanol–water partition coefficient (Wildman–Crippen LogP) is 2.12. The first kappa shape index (κ1) is 14.9. The molecule has 1 fully saturated rings. The summed E-state index contributed by atoms with van der Waals surface area (Å²) < 4.78 is 5.75. The van der Waals surface area contributed by atoms with E-state index in [1.54, 1.807) is 0 Å². The number of nitrogens with one attached hydrogen (secondary N) is 1. The van der Waals surface area contributed by atoms with Crippen LogP contribution in [0.4, 0.5) is 0 Å². The molecule has 0 aliphatic carbocycles. The largest absolute Gasteiger partial charge is 0.377 e. The van der Waals surface area contributed by atoms with Crippen LogP contribution in [0.3, 0.4) is 0 Å². The van der Waals surface area contributed by atoms with Crippen LogP contribution in [0.25, 0.3) is 0 Å². The van der Waals surface area contributed by atoms with E-state index in [2.05, 4.69) is 45.0 Å². The Bertz CT molecular complexity index is 211. The minimum atomic E-state index is 0.313. The van der Waals surface area contributed by atoms with E-state index >= 15 is 0 Å². The number of nitrogens with zero attached hydrogens (tertiary/aromatic N) is 1. The third kappa shape index (κ3) is 4.94. The summed E-state index contributed by atoms with van der Waals surface area (Å²) in [6.45, 7) is 13.3. The van der Waals surface area contributed by atoms with Gasteiger partial charge in [-0.2, -0.15) is 0 Å². The van der Waals surface area contributed by atoms with Gasteiger partial charge in [-0.1, -0.05) is 20.8 Å². The van der Waals surface area contributed by atoms with Crippen LogP contribution in [0.2, 0.25) is 0 Å². The van der Waals surface area contributed by atoms with Gasteiger partial charge in [0.2, 0.25) is 0 Å². The SMILES string of the molecule is CCOC1CCCN(CC(NC)C(C)(C)C)C1. The number of ether oxygens (including phenoxy) is 1. The molecule has 0 bridgehead atoms. The van der Waals surface area contributed by atoms with E-state index in [-0.39, 0.29) is 0 Å². The molecular weight excluding hydrogens is 212 g/mol. The van der Waals surface area contributed by atoms with Crippen molar-refractivity contribution in [3.05, 3.63) is 0 Å². The molecule has 102 valence electrons. The molecule has 0 amide bonds. The van der Waals surface area contributed by atoms with Crippen molar-refractivity contribution >= 4 is 0 Å². The molecular formula is C14H30N2O. The van der Waals surface area contributed by atoms with Gasteiger partial charge >= 0.3 is 0 Å². The average Bonchev–Trinajstić information content (AvgIpc) is 2.25. The van der Waals surface area contributed by atoms with Crippen LogP contribution in [0.5, 0.6) is 0 Å². The van der Waals surface area contributed by atoms with Gasteiger partial charge in [-0.3, -0.25) is 4.90 Å². The molecule has 17 heavy (non-hydrogen) atoms. The van der Waals surface area contributed by atoms with Crippen molar-refractivity contribution in [3.8, 4) is 0 Å². The van der Waals surface area contributed by atoms with E-state index in [1.165, 1.54) is 19.4 Å². The summed E-state index contributed by atoms with van der Waals surface area (Å²) >= 11 is 0. The molecule has 0 aromatic carbocycles. The van der Waals surface area contributed by atoms with Gasteiger partial charge in [-0.25, -0.2) is 0 Å². The molecule has 0 aromatic rings. The number of rotatable bonds is 5. The topological polar surface area (TPSA) is 24.5 Å². The van der Waals surface area contributed by atoms with E-state index < -0.39 is 0 Å². The van der Waals surface area contributed by atoms with Gasteiger partial charge in [-0.05, 0) is 38.8 Å². The highest BCUT2D eigenvalue weighted by molar-refractivity contribution is 4.84. The molecule has 1 N–H and O–H groups in total. The fraction of sp³-hybridized carbons (Fsp3) is 1.00. The molecule has 0 saturated carbocycles. The monoisotopic (exact) mass is 242 g/mol. The van der Waals surface area contributed by atoms with Crippen molar-refractivity contribution in [1.82, 2.24) is 10.2 Å². The van der Waals surface area contributed by atoms with Gasteiger partial charge in [0.05, 0.1) is 6.10 Å². The number of likely N-dealkylation sites (tertiary alicyclic amines) is 1. The molecule has 0 radical (unpaired) electrons. The second-order valence-electron chi connectivity index (χ2n) is 6.19. The maximum absolute atomic E-state index is 5.75. The van der Waals surface area contributed by atoms with E-state index in [0.29, 0.717) is 17.6 Å². The minimum absolute atomic E-state index is 0.313. The molecule has 1 aliphatic rings. The van der Waals surface area contributed by atoms with Gasteiger partial charge < -0.3 is 10.1 Å². The second-order valence-corrected chi connectivity index (χ2v) is 6.19. The number of likely N-dealkylation sites (N-methyl/N-ethyl adjacent to an activating group) is 1. The lowest BCUT2D eigenvalue weighted by Crippen LogP contribution is -2.50. The summed E-state index contributed by atoms with van der Waals surface area (Å²) in [5, 5.41) is 3.45. The molecule has 1 heterocycles. The fourth-order valence-corrected chi connectivity index (χ4v) is 2.61. The van der Waals surface area contributed by atoms with Crippen molar-refractivity contribution < 1.29 is 4.74 Å². The van der Waals surface area contributed by atoms with Crippen LogP contribution in [-0.4, -0.2) is 50.3 Å². The summed E-state index contributed by atoms with van der Waals surface area (Å²) in [6.07, 6.45) is 2.95. The van der Waals surface area contributed by atoms with E-state index in [1.807, 2.05) is 0 Å². The quantitative estimate of drug-likeness (QED) is 0.799. The molecule has 0 spiro atoms. The smallest absolute Gasteiger partial charge is 0.0702 e. The summed E-state index contributed by atoms with van der Waals surface area (Å²) in [4.78, 5) is 2.55. The zero-order valence-corrected chi connectivity index (χ0v) is 12.3. The van der Waals surface area contributed by atoms with Crippen molar-refractivity contribution in [2.75, 3.05) is 33.3 Å². The van der Waals surface area contributed by atoms with E-state index in [9.17, 15) is 0 Å². The Morgan fingerprint density at radius 2 is 2.12 bits per heavy atom. The standard InChI is InChI=1S/C14H30N2O/c1-6-17-12-8-7-9-16(10-12)11-13(15-5)14(2,3)4/h12-13,15H,6-11H2,1-5H3. The normalized spacial score (nSPS) is 24.9. The maximum Gasteiger partial charge on any atom is 0.0702 e. The van der Waals surface area contributed by atoms with Gasteiger partial charge in [-0.15, -0.1) is 0 Å². The average molecular weight is 242 g/mol. The summed E-state index contributed by atoms with van der Waals surface area (Å²) in [6, 6.07) is 0.544. The van der Waals surface area contributed by atoms with Gasteiger partial charge in [0.15, 0.2) is 0 Å². The molecule has 2 atom stereocenters. The molecule has 1 saturated heterocycles. The highest BCUT2D eigenvalue weighted by atomic mass is 16.5. The Kier molecular flexibility index (Phi) is 5.90. The first-order valence-electron chi connectivity index (χ1n) is 6.98. The Hall–Kier alpha value is -0.120. The Morgan fingerprint density at radius 3 is 2.65 bits per heavy atom. The first-order valence-corrected chi connectivity index (χ1v) is 6.98. The van der Waals surface area contributed by atoms with Crippen LogP contribution in [0, 0.1) is 5.41 Å². The number of piperidine rings is 1. The first-order chi connectivity index (χ1) is 7.97. The summed E-state index contributed by atoms with van der Waals surface area (Å²) in [5.74, 6) is 0. The van der Waals surface area contributed by atoms with Crippen molar-refractivity contribution in [3.63, 3.8) is 0 Å². The summed E-state index contributed by atoms with van der Waals surface area (Å²) in [5.41, 5.74) is 0.313. The molecule has 3 heteroatoms. The highest BCUT2D eigenvalue weighted by Crippen LogP contribution is 2.21. The highest BCUT2D eigenvalue weighted by Gasteiger charge is 2.27. The van der Waals surface area contributed by atoms with Crippen LogP contribution in [0.15, 0.2) is 0 Å². The Morgan fingerprint density at radius 1 is 1.41 bits per heavy atom. The zero-order chi connectivity index (χ0) is 12.9. The molecule has 0 aromatic heterocycles. The molecule has 3 nitrogen and oxygen atoms in total. The lowest BCUT2D eigenvalue weighted by molar-refractivity contribution is -0.00000634. The van der Waals surface area contributed by atoms with Crippen LogP contribution in [0.1, 0.15) is 40.5 Å². The lowest BCUT2D eigenvalue weighted by atomic mass is 9.86.